The Bertz CT molecular complexity index is 1230. The highest BCUT2D eigenvalue weighted by Crippen LogP contribution is 2.30. The Hall–Kier alpha value is -3.16. The number of carbonyl (C=O) groups excluding carboxylic acids is 1. The molecule has 0 saturated heterocycles. The van der Waals surface area contributed by atoms with Gasteiger partial charge in [-0.2, -0.15) is 0 Å². The minimum absolute atomic E-state index is 0.262. The standard InChI is InChI=1S/C25H24FN3O3/c1-14-3-4-16(9-21(14)26)24-27-10-17-11-29(8-7-22(17)28-24)12-23(30)18-5-6-19-20(15(18)2)13-32-25(19)31/h3-6,9-10,23,30H,7-8,11-13H2,1-2H3. The van der Waals surface area contributed by atoms with E-state index in [0.717, 1.165) is 40.9 Å². The van der Waals surface area contributed by atoms with Crippen molar-refractivity contribution in [3.63, 3.8) is 0 Å². The van der Waals surface area contributed by atoms with Gasteiger partial charge in [0.1, 0.15) is 12.4 Å². The Morgan fingerprint density at radius 1 is 1.25 bits per heavy atom. The van der Waals surface area contributed by atoms with E-state index in [-0.39, 0.29) is 18.4 Å². The lowest BCUT2D eigenvalue weighted by Gasteiger charge is -2.30. The Balaban J connectivity index is 1.31. The summed E-state index contributed by atoms with van der Waals surface area (Å²) in [7, 11) is 0. The summed E-state index contributed by atoms with van der Waals surface area (Å²) in [5.41, 5.74) is 6.44. The van der Waals surface area contributed by atoms with Crippen LogP contribution in [-0.4, -0.2) is 39.0 Å². The number of β-amino-alcohol motifs (C(OH)–C–C–N with tert-alkyl or cyclic N) is 1. The second kappa shape index (κ2) is 8.07. The van der Waals surface area contributed by atoms with E-state index in [4.69, 9.17) is 4.74 Å². The maximum atomic E-state index is 13.9. The fourth-order valence-electron chi connectivity index (χ4n) is 4.47. The first kappa shape index (κ1) is 20.7. The summed E-state index contributed by atoms with van der Waals surface area (Å²) in [6, 6.07) is 8.60. The van der Waals surface area contributed by atoms with Crippen LogP contribution in [0.1, 0.15) is 50.0 Å². The Labute approximate surface area is 185 Å². The molecule has 2 aliphatic rings. The fourth-order valence-corrected chi connectivity index (χ4v) is 4.47. The number of hydrogen-bond acceptors (Lipinski definition) is 6. The number of ether oxygens (including phenoxy) is 1. The van der Waals surface area contributed by atoms with Crippen LogP contribution in [0.2, 0.25) is 0 Å². The number of rotatable bonds is 4. The van der Waals surface area contributed by atoms with Gasteiger partial charge in [-0.25, -0.2) is 19.2 Å². The molecule has 3 aromatic rings. The summed E-state index contributed by atoms with van der Waals surface area (Å²) in [5, 5.41) is 10.9. The van der Waals surface area contributed by atoms with Crippen LogP contribution in [0.25, 0.3) is 11.4 Å². The smallest absolute Gasteiger partial charge is 0.338 e. The van der Waals surface area contributed by atoms with Crippen LogP contribution in [0.15, 0.2) is 36.5 Å². The van der Waals surface area contributed by atoms with Crippen LogP contribution < -0.4 is 0 Å². The summed E-state index contributed by atoms with van der Waals surface area (Å²) in [6.07, 6.45) is 1.86. The summed E-state index contributed by atoms with van der Waals surface area (Å²) in [6.45, 7) is 5.79. The van der Waals surface area contributed by atoms with Gasteiger partial charge in [0.25, 0.3) is 0 Å². The van der Waals surface area contributed by atoms with Crippen molar-refractivity contribution in [2.24, 2.45) is 0 Å². The second-order valence-corrected chi connectivity index (χ2v) is 8.51. The molecule has 5 rings (SSSR count). The molecule has 32 heavy (non-hydrogen) atoms. The van der Waals surface area contributed by atoms with E-state index in [1.807, 2.05) is 19.1 Å². The van der Waals surface area contributed by atoms with Crippen LogP contribution in [0.3, 0.4) is 0 Å². The first-order valence-corrected chi connectivity index (χ1v) is 10.7. The summed E-state index contributed by atoms with van der Waals surface area (Å²) in [5.74, 6) is -0.0343. The highest BCUT2D eigenvalue weighted by molar-refractivity contribution is 5.93. The fraction of sp³-hybridized carbons (Fsp3) is 0.320. The van der Waals surface area contributed by atoms with Crippen molar-refractivity contribution in [1.29, 1.82) is 0 Å². The number of aromatic nitrogens is 2. The van der Waals surface area contributed by atoms with Gasteiger partial charge in [-0.3, -0.25) is 4.90 Å². The molecule has 1 unspecified atom stereocenters. The molecule has 6 nitrogen and oxygen atoms in total. The summed E-state index contributed by atoms with van der Waals surface area (Å²) < 4.78 is 19.0. The molecular weight excluding hydrogens is 409 g/mol. The molecule has 164 valence electrons. The monoisotopic (exact) mass is 433 g/mol. The molecule has 2 aromatic carbocycles. The number of esters is 1. The molecule has 0 aliphatic carbocycles. The largest absolute Gasteiger partial charge is 0.457 e. The summed E-state index contributed by atoms with van der Waals surface area (Å²) >= 11 is 0. The SMILES string of the molecule is Cc1ccc(-c2ncc3c(n2)CCN(CC(O)c2ccc4c(c2C)COC4=O)C3)cc1F. The number of hydrogen-bond donors (Lipinski definition) is 1. The van der Waals surface area contributed by atoms with Crippen LogP contribution in [0, 0.1) is 19.7 Å². The number of nitrogens with zero attached hydrogens (tertiary/aromatic N) is 3. The lowest BCUT2D eigenvalue weighted by atomic mass is 9.95. The van der Waals surface area contributed by atoms with Crippen LogP contribution >= 0.6 is 0 Å². The first-order chi connectivity index (χ1) is 15.4. The molecule has 3 heterocycles. The molecule has 0 amide bonds. The lowest BCUT2D eigenvalue weighted by molar-refractivity contribution is 0.0535. The van der Waals surface area contributed by atoms with Crippen LogP contribution in [0.4, 0.5) is 4.39 Å². The average Bonchev–Trinajstić information content (AvgIpc) is 3.17. The average molecular weight is 433 g/mol. The predicted molar refractivity (Wildman–Crippen MR) is 116 cm³/mol. The normalized spacial score (nSPS) is 16.4. The highest BCUT2D eigenvalue weighted by atomic mass is 19.1. The van der Waals surface area contributed by atoms with E-state index in [2.05, 4.69) is 14.9 Å². The molecule has 0 bridgehead atoms. The topological polar surface area (TPSA) is 75.6 Å². The number of fused-ring (bicyclic) bond motifs is 2. The molecule has 0 fully saturated rings. The van der Waals surface area contributed by atoms with Gasteiger partial charge in [0.15, 0.2) is 5.82 Å². The third kappa shape index (κ3) is 3.67. The number of halogens is 1. The molecule has 1 atom stereocenters. The number of aliphatic hydroxyl groups excluding tert-OH is 1. The van der Waals surface area contributed by atoms with Gasteiger partial charge in [-0.05, 0) is 42.7 Å². The minimum atomic E-state index is -0.673. The highest BCUT2D eigenvalue weighted by Gasteiger charge is 2.27. The number of aliphatic hydroxyl groups is 1. The number of cyclic esters (lactones) is 1. The molecular formula is C25H24FN3O3. The zero-order valence-corrected chi connectivity index (χ0v) is 18.1. The van der Waals surface area contributed by atoms with Crippen molar-refractivity contribution in [3.05, 3.63) is 81.4 Å². The van der Waals surface area contributed by atoms with Crippen molar-refractivity contribution >= 4 is 5.97 Å². The molecule has 0 saturated carbocycles. The van der Waals surface area contributed by atoms with Gasteiger partial charge in [-0.1, -0.05) is 18.2 Å². The molecule has 0 radical (unpaired) electrons. The summed E-state index contributed by atoms with van der Waals surface area (Å²) in [4.78, 5) is 23.1. The molecule has 2 aliphatic heterocycles. The maximum Gasteiger partial charge on any atom is 0.338 e. The molecule has 0 spiro atoms. The maximum absolute atomic E-state index is 13.9. The van der Waals surface area contributed by atoms with E-state index in [1.165, 1.54) is 6.07 Å². The Kier molecular flexibility index (Phi) is 5.23. The van der Waals surface area contributed by atoms with Gasteiger partial charge >= 0.3 is 5.97 Å². The van der Waals surface area contributed by atoms with Crippen molar-refractivity contribution in [2.75, 3.05) is 13.1 Å². The van der Waals surface area contributed by atoms with E-state index < -0.39 is 6.10 Å². The number of aryl methyl sites for hydroxylation is 1. The van der Waals surface area contributed by atoms with Gasteiger partial charge in [-0.15, -0.1) is 0 Å². The van der Waals surface area contributed by atoms with E-state index in [9.17, 15) is 14.3 Å². The quantitative estimate of drug-likeness (QED) is 0.633. The number of benzene rings is 2. The lowest BCUT2D eigenvalue weighted by Crippen LogP contribution is -2.34. The van der Waals surface area contributed by atoms with Crippen molar-refractivity contribution in [2.45, 2.75) is 39.5 Å². The Morgan fingerprint density at radius 2 is 2.09 bits per heavy atom. The van der Waals surface area contributed by atoms with Crippen molar-refractivity contribution < 1.29 is 19.0 Å². The van der Waals surface area contributed by atoms with Gasteiger partial charge in [0.05, 0.1) is 17.4 Å². The predicted octanol–water partition coefficient (Wildman–Crippen LogP) is 3.66. The third-order valence-corrected chi connectivity index (χ3v) is 6.44. The van der Waals surface area contributed by atoms with E-state index in [0.29, 0.717) is 35.6 Å². The first-order valence-electron chi connectivity index (χ1n) is 10.7. The van der Waals surface area contributed by atoms with Gasteiger partial charge < -0.3 is 9.84 Å². The van der Waals surface area contributed by atoms with E-state index in [1.54, 1.807) is 25.3 Å². The van der Waals surface area contributed by atoms with Gasteiger partial charge in [0.2, 0.25) is 0 Å². The number of carbonyl (C=O) groups is 1. The van der Waals surface area contributed by atoms with Crippen LogP contribution in [-0.2, 0) is 24.3 Å². The van der Waals surface area contributed by atoms with Crippen molar-refractivity contribution in [1.82, 2.24) is 14.9 Å². The Morgan fingerprint density at radius 3 is 2.91 bits per heavy atom. The molecule has 7 heteroatoms. The second-order valence-electron chi connectivity index (χ2n) is 8.51. The minimum Gasteiger partial charge on any atom is -0.457 e. The van der Waals surface area contributed by atoms with E-state index >= 15 is 0 Å². The van der Waals surface area contributed by atoms with Crippen LogP contribution in [0.5, 0.6) is 0 Å². The molecule has 1 aromatic heterocycles. The van der Waals surface area contributed by atoms with Crippen molar-refractivity contribution in [3.8, 4) is 11.4 Å². The zero-order valence-electron chi connectivity index (χ0n) is 18.1. The van der Waals surface area contributed by atoms with Gasteiger partial charge in [0, 0.05) is 48.9 Å². The third-order valence-electron chi connectivity index (χ3n) is 6.44. The zero-order chi connectivity index (χ0) is 22.4. The molecule has 1 N–H and O–H groups in total.